The van der Waals surface area contributed by atoms with Gasteiger partial charge in [-0.05, 0) is 63.4 Å². The summed E-state index contributed by atoms with van der Waals surface area (Å²) in [6.07, 6.45) is 7.15. The zero-order valence-corrected chi connectivity index (χ0v) is 15.1. The third-order valence-electron chi connectivity index (χ3n) is 3.65. The first-order valence-electron chi connectivity index (χ1n) is 8.07. The molecule has 128 valence electrons. The van der Waals surface area contributed by atoms with Crippen LogP contribution in [0.25, 0.3) is 11.4 Å². The Labute approximate surface area is 147 Å². The monoisotopic (exact) mass is 346 g/mol. The number of aromatic amines is 1. The van der Waals surface area contributed by atoms with Crippen molar-refractivity contribution in [2.75, 3.05) is 0 Å². The van der Waals surface area contributed by atoms with Crippen LogP contribution in [0.1, 0.15) is 40.0 Å². The molecule has 24 heavy (non-hydrogen) atoms. The van der Waals surface area contributed by atoms with Crippen LogP contribution in [-0.4, -0.2) is 21.1 Å². The van der Waals surface area contributed by atoms with Gasteiger partial charge < -0.3 is 0 Å². The molecule has 2 aromatic rings. The molecule has 0 aliphatic heterocycles. The lowest BCUT2D eigenvalue weighted by molar-refractivity contribution is 0.561. The van der Waals surface area contributed by atoms with Gasteiger partial charge in [0.05, 0.1) is 0 Å². The van der Waals surface area contributed by atoms with Crippen molar-refractivity contribution in [2.24, 2.45) is 11.0 Å². The second-order valence-corrected chi connectivity index (χ2v) is 6.56. The first-order chi connectivity index (χ1) is 11.5. The van der Waals surface area contributed by atoms with E-state index >= 15 is 0 Å². The predicted molar refractivity (Wildman–Crippen MR) is 99.1 cm³/mol. The van der Waals surface area contributed by atoms with Crippen LogP contribution >= 0.6 is 12.2 Å². The van der Waals surface area contributed by atoms with Crippen molar-refractivity contribution in [3.8, 4) is 11.4 Å². The SMILES string of the molecule is CC(C)=CCC[C@@H](C)C/C=N\n1c(-c2cccc(F)c2)n[nH]c1=S. The molecule has 0 amide bonds. The number of allylic oxidation sites excluding steroid dienone is 2. The van der Waals surface area contributed by atoms with E-state index in [-0.39, 0.29) is 5.82 Å². The Morgan fingerprint density at radius 1 is 1.46 bits per heavy atom. The number of aromatic nitrogens is 3. The summed E-state index contributed by atoms with van der Waals surface area (Å²) in [5, 5.41) is 11.3. The molecule has 0 saturated carbocycles. The molecule has 4 nitrogen and oxygen atoms in total. The molecule has 1 heterocycles. The number of hydrogen-bond acceptors (Lipinski definition) is 3. The van der Waals surface area contributed by atoms with Crippen LogP contribution in [-0.2, 0) is 0 Å². The minimum atomic E-state index is -0.315. The molecule has 1 atom stereocenters. The van der Waals surface area contributed by atoms with E-state index in [1.165, 1.54) is 22.4 Å². The van der Waals surface area contributed by atoms with Crippen LogP contribution in [0.4, 0.5) is 4.39 Å². The van der Waals surface area contributed by atoms with Gasteiger partial charge >= 0.3 is 0 Å². The normalized spacial score (nSPS) is 12.5. The average Bonchev–Trinajstić information content (AvgIpc) is 2.88. The highest BCUT2D eigenvalue weighted by atomic mass is 32.1. The van der Waals surface area contributed by atoms with E-state index in [9.17, 15) is 4.39 Å². The van der Waals surface area contributed by atoms with Crippen LogP contribution in [0.3, 0.4) is 0 Å². The summed E-state index contributed by atoms with van der Waals surface area (Å²) in [5.74, 6) is 0.723. The highest BCUT2D eigenvalue weighted by molar-refractivity contribution is 7.71. The number of nitrogens with zero attached hydrogens (tertiary/aromatic N) is 3. The Morgan fingerprint density at radius 2 is 2.25 bits per heavy atom. The maximum Gasteiger partial charge on any atom is 0.216 e. The van der Waals surface area contributed by atoms with Gasteiger partial charge in [-0.2, -0.15) is 14.9 Å². The summed E-state index contributed by atoms with van der Waals surface area (Å²) in [7, 11) is 0. The van der Waals surface area contributed by atoms with Crippen molar-refractivity contribution in [3.63, 3.8) is 0 Å². The molecule has 0 aliphatic carbocycles. The van der Waals surface area contributed by atoms with Gasteiger partial charge in [-0.1, -0.05) is 30.7 Å². The van der Waals surface area contributed by atoms with E-state index in [4.69, 9.17) is 12.2 Å². The molecule has 0 spiro atoms. The van der Waals surface area contributed by atoms with Crippen LogP contribution in [0.5, 0.6) is 0 Å². The Hall–Kier alpha value is -2.08. The fraction of sp³-hybridized carbons (Fsp3) is 0.389. The second kappa shape index (κ2) is 8.68. The summed E-state index contributed by atoms with van der Waals surface area (Å²) < 4.78 is 15.3. The third-order valence-corrected chi connectivity index (χ3v) is 3.91. The number of benzene rings is 1. The minimum absolute atomic E-state index is 0.315. The first kappa shape index (κ1) is 18.3. The molecule has 6 heteroatoms. The van der Waals surface area contributed by atoms with Gasteiger partial charge in [-0.25, -0.2) is 9.49 Å². The Bertz CT molecular complexity index is 784. The van der Waals surface area contributed by atoms with Gasteiger partial charge in [0, 0.05) is 11.8 Å². The molecule has 2 rings (SSSR count). The van der Waals surface area contributed by atoms with Crippen molar-refractivity contribution in [3.05, 3.63) is 46.5 Å². The number of nitrogens with one attached hydrogen (secondary N) is 1. The van der Waals surface area contributed by atoms with Gasteiger partial charge in [0.25, 0.3) is 0 Å². The molecular weight excluding hydrogens is 323 g/mol. The average molecular weight is 346 g/mol. The fourth-order valence-electron chi connectivity index (χ4n) is 2.30. The molecule has 0 saturated heterocycles. The number of rotatable bonds is 7. The molecule has 0 unspecified atom stereocenters. The molecule has 1 N–H and O–H groups in total. The second-order valence-electron chi connectivity index (χ2n) is 6.17. The molecule has 0 bridgehead atoms. The smallest absolute Gasteiger partial charge is 0.216 e. The highest BCUT2D eigenvalue weighted by Crippen LogP contribution is 2.18. The van der Waals surface area contributed by atoms with Crippen molar-refractivity contribution >= 4 is 18.4 Å². The highest BCUT2D eigenvalue weighted by Gasteiger charge is 2.08. The van der Waals surface area contributed by atoms with Crippen molar-refractivity contribution in [1.29, 1.82) is 0 Å². The van der Waals surface area contributed by atoms with Crippen molar-refractivity contribution in [1.82, 2.24) is 14.9 Å². The quantitative estimate of drug-likeness (QED) is 0.417. The Kier molecular flexibility index (Phi) is 6.61. The maximum absolute atomic E-state index is 13.4. The molecule has 0 fully saturated rings. The fourth-order valence-corrected chi connectivity index (χ4v) is 2.48. The molecular formula is C18H23FN4S. The lowest BCUT2D eigenvalue weighted by Crippen LogP contribution is -1.98. The van der Waals surface area contributed by atoms with E-state index in [1.807, 2.05) is 6.21 Å². The van der Waals surface area contributed by atoms with E-state index < -0.39 is 0 Å². The topological polar surface area (TPSA) is 46.0 Å². The summed E-state index contributed by atoms with van der Waals surface area (Å²) in [5.41, 5.74) is 1.98. The van der Waals surface area contributed by atoms with Gasteiger partial charge in [-0.3, -0.25) is 0 Å². The summed E-state index contributed by atoms with van der Waals surface area (Å²) in [6, 6.07) is 6.23. The summed E-state index contributed by atoms with van der Waals surface area (Å²) in [6.45, 7) is 6.43. The lowest BCUT2D eigenvalue weighted by Gasteiger charge is -2.06. The molecule has 1 aromatic carbocycles. The zero-order chi connectivity index (χ0) is 17.5. The zero-order valence-electron chi connectivity index (χ0n) is 14.3. The third kappa shape index (κ3) is 5.23. The predicted octanol–water partition coefficient (Wildman–Crippen LogP) is 5.35. The van der Waals surface area contributed by atoms with E-state index in [0.29, 0.717) is 22.1 Å². The van der Waals surface area contributed by atoms with Crippen LogP contribution in [0, 0.1) is 16.5 Å². The minimum Gasteiger partial charge on any atom is -0.250 e. The number of halogens is 1. The van der Waals surface area contributed by atoms with Gasteiger partial charge in [0.1, 0.15) is 5.82 Å². The largest absolute Gasteiger partial charge is 0.250 e. The summed E-state index contributed by atoms with van der Waals surface area (Å²) in [4.78, 5) is 0. The van der Waals surface area contributed by atoms with Crippen molar-refractivity contribution in [2.45, 2.75) is 40.0 Å². The molecule has 1 aromatic heterocycles. The van der Waals surface area contributed by atoms with Gasteiger partial charge in [0.15, 0.2) is 5.82 Å². The van der Waals surface area contributed by atoms with Crippen LogP contribution < -0.4 is 0 Å². The lowest BCUT2D eigenvalue weighted by atomic mass is 10.0. The van der Waals surface area contributed by atoms with Gasteiger partial charge in [-0.15, -0.1) is 0 Å². The van der Waals surface area contributed by atoms with E-state index in [2.05, 4.69) is 42.1 Å². The first-order valence-corrected chi connectivity index (χ1v) is 8.47. The van der Waals surface area contributed by atoms with Crippen LogP contribution in [0.2, 0.25) is 0 Å². The summed E-state index contributed by atoms with van der Waals surface area (Å²) >= 11 is 5.21. The Balaban J connectivity index is 2.06. The molecule has 0 radical (unpaired) electrons. The Morgan fingerprint density at radius 3 is 2.96 bits per heavy atom. The van der Waals surface area contributed by atoms with Crippen LogP contribution in [0.15, 0.2) is 41.0 Å². The van der Waals surface area contributed by atoms with Crippen molar-refractivity contribution < 1.29 is 4.39 Å². The number of hydrogen-bond donors (Lipinski definition) is 1. The standard InChI is InChI=1S/C18H23FN4S/c1-13(2)6-4-7-14(3)10-11-20-23-17(21-22-18(23)24)15-8-5-9-16(19)12-15/h5-6,8-9,11-12,14H,4,7,10H2,1-3H3,(H,22,24)/b20-11-/t14-/m1/s1. The van der Waals surface area contributed by atoms with E-state index in [0.717, 1.165) is 19.3 Å². The molecule has 0 aliphatic rings. The van der Waals surface area contributed by atoms with Gasteiger partial charge in [0.2, 0.25) is 4.77 Å². The van der Waals surface area contributed by atoms with E-state index in [1.54, 1.807) is 12.1 Å². The maximum atomic E-state index is 13.4. The number of H-pyrrole nitrogens is 1.